The topological polar surface area (TPSA) is 50.8 Å². The van der Waals surface area contributed by atoms with Crippen molar-refractivity contribution in [2.75, 3.05) is 18.4 Å². The number of nitrogens with one attached hydrogen (secondary N) is 1. The molecule has 0 aromatic heterocycles. The minimum atomic E-state index is -0.803. The van der Waals surface area contributed by atoms with E-state index in [0.717, 1.165) is 23.4 Å². The lowest BCUT2D eigenvalue weighted by Gasteiger charge is -2.43. The van der Waals surface area contributed by atoms with Gasteiger partial charge in [0.2, 0.25) is 5.79 Å². The van der Waals surface area contributed by atoms with Gasteiger partial charge in [-0.1, -0.05) is 24.3 Å². The van der Waals surface area contributed by atoms with Crippen molar-refractivity contribution in [1.29, 1.82) is 0 Å². The van der Waals surface area contributed by atoms with Gasteiger partial charge in [0.15, 0.2) is 0 Å². The number of nitrogens with zero attached hydrogens (tertiary/aromatic N) is 1. The minimum absolute atomic E-state index is 0.365. The van der Waals surface area contributed by atoms with E-state index >= 15 is 0 Å². The first-order valence-electron chi connectivity index (χ1n) is 8.47. The number of anilines is 1. The minimum Gasteiger partial charge on any atom is -0.462 e. The summed E-state index contributed by atoms with van der Waals surface area (Å²) >= 11 is 0. The van der Waals surface area contributed by atoms with Crippen molar-refractivity contribution in [3.63, 3.8) is 0 Å². The molecule has 0 radical (unpaired) electrons. The van der Waals surface area contributed by atoms with E-state index < -0.39 is 29.1 Å². The largest absolute Gasteiger partial charge is 0.462 e. The number of carbonyl (C=O) groups is 1. The molecule has 2 aromatic carbocycles. The normalized spacial score (nSPS) is 18.2. The molecule has 4 rings (SSSR count). The quantitative estimate of drug-likeness (QED) is 0.839. The second-order valence-electron chi connectivity index (χ2n) is 6.42. The van der Waals surface area contributed by atoms with Crippen LogP contribution >= 0.6 is 0 Å². The fourth-order valence-electron chi connectivity index (χ4n) is 3.26. The Balaban J connectivity index is 1.40. The van der Waals surface area contributed by atoms with Crippen LogP contribution in [0.4, 0.5) is 19.3 Å². The van der Waals surface area contributed by atoms with Gasteiger partial charge in [0.1, 0.15) is 23.1 Å². The van der Waals surface area contributed by atoms with Crippen LogP contribution in [0.1, 0.15) is 18.4 Å². The van der Waals surface area contributed by atoms with Crippen LogP contribution in [-0.4, -0.2) is 29.8 Å². The van der Waals surface area contributed by atoms with Gasteiger partial charge in [-0.2, -0.15) is 0 Å². The maximum absolute atomic E-state index is 13.7. The summed E-state index contributed by atoms with van der Waals surface area (Å²) in [5.74, 6) is -1.57. The van der Waals surface area contributed by atoms with E-state index in [-0.39, 0.29) is 0 Å². The van der Waals surface area contributed by atoms with Crippen molar-refractivity contribution >= 4 is 11.7 Å². The number of benzene rings is 2. The third-order valence-electron chi connectivity index (χ3n) is 4.77. The van der Waals surface area contributed by atoms with E-state index in [1.807, 2.05) is 24.3 Å². The van der Waals surface area contributed by atoms with Gasteiger partial charge in [-0.3, -0.25) is 0 Å². The number of likely N-dealkylation sites (tertiary alicyclic amines) is 1. The monoisotopic (exact) mass is 360 g/mol. The highest BCUT2D eigenvalue weighted by Gasteiger charge is 2.41. The molecule has 0 bridgehead atoms. The molecular weight excluding hydrogens is 342 g/mol. The van der Waals surface area contributed by atoms with E-state index in [4.69, 9.17) is 9.47 Å². The van der Waals surface area contributed by atoms with Crippen LogP contribution in [0.15, 0.2) is 42.5 Å². The van der Waals surface area contributed by atoms with Gasteiger partial charge >= 0.3 is 6.03 Å². The number of halogens is 2. The highest BCUT2D eigenvalue weighted by Crippen LogP contribution is 2.37. The number of hydrogen-bond donors (Lipinski definition) is 1. The highest BCUT2D eigenvalue weighted by atomic mass is 19.1. The van der Waals surface area contributed by atoms with Gasteiger partial charge < -0.3 is 19.7 Å². The van der Waals surface area contributed by atoms with Gasteiger partial charge in [-0.25, -0.2) is 13.6 Å². The lowest BCUT2D eigenvalue weighted by Crippen LogP contribution is -2.53. The van der Waals surface area contributed by atoms with Crippen molar-refractivity contribution in [2.45, 2.75) is 25.2 Å². The molecule has 1 fully saturated rings. The fourth-order valence-corrected chi connectivity index (χ4v) is 3.26. The van der Waals surface area contributed by atoms with Crippen LogP contribution in [0.2, 0.25) is 0 Å². The van der Waals surface area contributed by atoms with Gasteiger partial charge in [-0.05, 0) is 18.2 Å². The van der Waals surface area contributed by atoms with Gasteiger partial charge in [-0.15, -0.1) is 0 Å². The summed E-state index contributed by atoms with van der Waals surface area (Å²) < 4.78 is 39.3. The number of fused-ring (bicyclic) bond motifs is 1. The fraction of sp³-hybridized carbons (Fsp3) is 0.316. The summed E-state index contributed by atoms with van der Waals surface area (Å²) in [4.78, 5) is 13.8. The number of urea groups is 1. The van der Waals surface area contributed by atoms with Crippen LogP contribution in [0.25, 0.3) is 0 Å². The molecule has 2 aliphatic heterocycles. The molecule has 5 nitrogen and oxygen atoms in total. The number of carbonyl (C=O) groups excluding carboxylic acids is 1. The second kappa shape index (κ2) is 6.57. The molecule has 136 valence electrons. The third kappa shape index (κ3) is 3.10. The number of rotatable bonds is 1. The summed E-state index contributed by atoms with van der Waals surface area (Å²) in [6.45, 7) is 1.19. The van der Waals surface area contributed by atoms with Crippen molar-refractivity contribution in [2.24, 2.45) is 0 Å². The predicted molar refractivity (Wildman–Crippen MR) is 90.8 cm³/mol. The van der Waals surface area contributed by atoms with Crippen molar-refractivity contribution < 1.29 is 23.0 Å². The Hall–Kier alpha value is -2.67. The molecule has 0 atom stereocenters. The van der Waals surface area contributed by atoms with E-state index in [1.165, 1.54) is 11.0 Å². The highest BCUT2D eigenvalue weighted by molar-refractivity contribution is 5.89. The zero-order valence-corrected chi connectivity index (χ0v) is 14.0. The molecule has 0 aliphatic carbocycles. The van der Waals surface area contributed by atoms with Crippen LogP contribution < -0.4 is 10.1 Å². The molecule has 2 amide bonds. The summed E-state index contributed by atoms with van der Waals surface area (Å²) in [5.41, 5.74) is 0.560. The Morgan fingerprint density at radius 3 is 2.46 bits per heavy atom. The maximum atomic E-state index is 13.7. The summed E-state index contributed by atoms with van der Waals surface area (Å²) in [7, 11) is 0. The van der Waals surface area contributed by atoms with E-state index in [9.17, 15) is 13.6 Å². The molecule has 2 aliphatic rings. The van der Waals surface area contributed by atoms with Gasteiger partial charge in [0, 0.05) is 31.5 Å². The standard InChI is InChI=1S/C19H18F2N2O3/c20-14-5-3-6-15(21)17(14)22-18(24)23-10-8-19(9-11-23)25-12-13-4-1-2-7-16(13)26-19/h1-7H,8-12H2,(H,22,24). The van der Waals surface area contributed by atoms with Gasteiger partial charge in [0.25, 0.3) is 0 Å². The van der Waals surface area contributed by atoms with Crippen molar-refractivity contribution in [3.8, 4) is 5.75 Å². The molecule has 26 heavy (non-hydrogen) atoms. The molecule has 7 heteroatoms. The third-order valence-corrected chi connectivity index (χ3v) is 4.77. The van der Waals surface area contributed by atoms with Crippen LogP contribution in [0, 0.1) is 11.6 Å². The average Bonchev–Trinajstić information content (AvgIpc) is 2.65. The van der Waals surface area contributed by atoms with E-state index in [0.29, 0.717) is 32.5 Å². The molecule has 0 saturated carbocycles. The number of para-hydroxylation sites is 2. The number of amides is 2. The molecule has 2 aromatic rings. The van der Waals surface area contributed by atoms with Crippen molar-refractivity contribution in [3.05, 3.63) is 59.7 Å². The Kier molecular flexibility index (Phi) is 4.24. The Labute approximate surface area is 149 Å². The smallest absolute Gasteiger partial charge is 0.322 e. The molecule has 1 saturated heterocycles. The predicted octanol–water partition coefficient (Wildman–Crippen LogP) is 3.90. The molecule has 1 spiro atoms. The molecule has 2 heterocycles. The maximum Gasteiger partial charge on any atom is 0.322 e. The molecular formula is C19H18F2N2O3. The average molecular weight is 360 g/mol. The number of hydrogen-bond acceptors (Lipinski definition) is 3. The first-order chi connectivity index (χ1) is 12.6. The second-order valence-corrected chi connectivity index (χ2v) is 6.42. The van der Waals surface area contributed by atoms with E-state index in [2.05, 4.69) is 5.32 Å². The zero-order chi connectivity index (χ0) is 18.1. The van der Waals surface area contributed by atoms with Crippen molar-refractivity contribution in [1.82, 2.24) is 4.90 Å². The van der Waals surface area contributed by atoms with Crippen LogP contribution in [0.3, 0.4) is 0 Å². The number of piperidine rings is 1. The summed E-state index contributed by atoms with van der Waals surface area (Å²) in [6, 6.07) is 10.6. The summed E-state index contributed by atoms with van der Waals surface area (Å²) in [5, 5.41) is 2.31. The lowest BCUT2D eigenvalue weighted by molar-refractivity contribution is -0.225. The SMILES string of the molecule is O=C(Nc1c(F)cccc1F)N1CCC2(CC1)OCc1ccccc1O2. The first-order valence-corrected chi connectivity index (χ1v) is 8.47. The lowest BCUT2D eigenvalue weighted by atomic mass is 10.0. The zero-order valence-electron chi connectivity index (χ0n) is 14.0. The molecule has 0 unspecified atom stereocenters. The van der Waals surface area contributed by atoms with Gasteiger partial charge in [0.05, 0.1) is 6.61 Å². The van der Waals surface area contributed by atoms with Crippen LogP contribution in [0.5, 0.6) is 5.75 Å². The van der Waals surface area contributed by atoms with Crippen LogP contribution in [-0.2, 0) is 11.3 Å². The van der Waals surface area contributed by atoms with E-state index in [1.54, 1.807) is 0 Å². The molecule has 1 N–H and O–H groups in total. The number of ether oxygens (including phenoxy) is 2. The Morgan fingerprint density at radius 2 is 1.73 bits per heavy atom. The Morgan fingerprint density at radius 1 is 1.04 bits per heavy atom. The summed E-state index contributed by atoms with van der Waals surface area (Å²) in [6.07, 6.45) is 0.961. The first kappa shape index (κ1) is 16.8. The Bertz CT molecular complexity index is 815.